The molecule has 0 unspecified atom stereocenters. The SMILES string of the molecule is Cc1ccc(Cn2nc(C)c(C(=O)OCC(=O)N(C)Cc3ccc(Cl)s3)c2Cl)cc1. The first kappa shape index (κ1) is 22.3. The third-order valence-electron chi connectivity index (χ3n) is 4.50. The van der Waals surface area contributed by atoms with Crippen molar-refractivity contribution in [1.29, 1.82) is 0 Å². The van der Waals surface area contributed by atoms with Gasteiger partial charge in [0, 0.05) is 11.9 Å². The summed E-state index contributed by atoms with van der Waals surface area (Å²) in [5.74, 6) is -0.998. The fraction of sp³-hybridized carbons (Fsp3) is 0.286. The Morgan fingerprint density at radius 3 is 2.47 bits per heavy atom. The maximum atomic E-state index is 12.5. The standard InChI is InChI=1S/C21H21Cl2N3O3S/c1-13-4-6-15(7-5-13)10-26-20(23)19(14(2)24-26)21(28)29-12-18(27)25(3)11-16-8-9-17(22)30-16/h4-9H,10-12H2,1-3H3. The molecular formula is C21H21Cl2N3O3S. The molecule has 0 aliphatic heterocycles. The van der Waals surface area contributed by atoms with Crippen molar-refractivity contribution < 1.29 is 14.3 Å². The fourth-order valence-corrected chi connectivity index (χ4v) is 4.28. The Bertz CT molecular complexity index is 1060. The number of aromatic nitrogens is 2. The molecule has 3 aromatic rings. The summed E-state index contributed by atoms with van der Waals surface area (Å²) in [7, 11) is 1.64. The lowest BCUT2D eigenvalue weighted by Gasteiger charge is -2.16. The zero-order valence-electron chi connectivity index (χ0n) is 16.8. The van der Waals surface area contributed by atoms with Gasteiger partial charge in [-0.3, -0.25) is 4.79 Å². The van der Waals surface area contributed by atoms with E-state index in [0.29, 0.717) is 23.1 Å². The molecule has 0 aliphatic carbocycles. The first-order valence-electron chi connectivity index (χ1n) is 9.18. The van der Waals surface area contributed by atoms with Gasteiger partial charge in [0.15, 0.2) is 6.61 Å². The number of esters is 1. The summed E-state index contributed by atoms with van der Waals surface area (Å²) in [4.78, 5) is 27.3. The lowest BCUT2D eigenvalue weighted by atomic mass is 10.1. The highest BCUT2D eigenvalue weighted by Crippen LogP contribution is 2.23. The van der Waals surface area contributed by atoms with Crippen LogP contribution in [0.25, 0.3) is 0 Å². The fourth-order valence-electron chi connectivity index (χ4n) is 2.82. The predicted octanol–water partition coefficient (Wildman–Crippen LogP) is 4.73. The number of ether oxygens (including phenoxy) is 1. The highest BCUT2D eigenvalue weighted by molar-refractivity contribution is 7.16. The van der Waals surface area contributed by atoms with Crippen LogP contribution in [0.2, 0.25) is 9.49 Å². The van der Waals surface area contributed by atoms with Gasteiger partial charge < -0.3 is 9.64 Å². The van der Waals surface area contributed by atoms with Gasteiger partial charge in [0.2, 0.25) is 0 Å². The summed E-state index contributed by atoms with van der Waals surface area (Å²) in [6.07, 6.45) is 0. The normalized spacial score (nSPS) is 10.8. The molecule has 1 aromatic carbocycles. The van der Waals surface area contributed by atoms with Crippen molar-refractivity contribution in [2.24, 2.45) is 0 Å². The number of carbonyl (C=O) groups excluding carboxylic acids is 2. The van der Waals surface area contributed by atoms with E-state index in [4.69, 9.17) is 27.9 Å². The van der Waals surface area contributed by atoms with Crippen LogP contribution in [0.1, 0.15) is 32.1 Å². The van der Waals surface area contributed by atoms with Gasteiger partial charge in [-0.1, -0.05) is 53.0 Å². The summed E-state index contributed by atoms with van der Waals surface area (Å²) in [5.41, 5.74) is 2.79. The van der Waals surface area contributed by atoms with Crippen molar-refractivity contribution in [3.8, 4) is 0 Å². The van der Waals surface area contributed by atoms with E-state index in [1.54, 1.807) is 24.7 Å². The first-order chi connectivity index (χ1) is 14.2. The van der Waals surface area contributed by atoms with Crippen molar-refractivity contribution in [3.63, 3.8) is 0 Å². The molecule has 9 heteroatoms. The van der Waals surface area contributed by atoms with E-state index in [-0.39, 0.29) is 23.2 Å². The van der Waals surface area contributed by atoms with E-state index in [1.807, 2.05) is 37.3 Å². The van der Waals surface area contributed by atoms with Crippen molar-refractivity contribution in [2.75, 3.05) is 13.7 Å². The van der Waals surface area contributed by atoms with Gasteiger partial charge in [0.25, 0.3) is 5.91 Å². The Labute approximate surface area is 189 Å². The summed E-state index contributed by atoms with van der Waals surface area (Å²) in [6, 6.07) is 11.6. The van der Waals surface area contributed by atoms with E-state index in [9.17, 15) is 9.59 Å². The molecule has 158 valence electrons. The average Bonchev–Trinajstić information content (AvgIpc) is 3.23. The van der Waals surface area contributed by atoms with Crippen LogP contribution in [0.5, 0.6) is 0 Å². The van der Waals surface area contributed by atoms with E-state index in [2.05, 4.69) is 5.10 Å². The Balaban J connectivity index is 1.61. The lowest BCUT2D eigenvalue weighted by molar-refractivity contribution is -0.133. The van der Waals surface area contributed by atoms with Crippen LogP contribution < -0.4 is 0 Å². The van der Waals surface area contributed by atoms with E-state index < -0.39 is 5.97 Å². The Morgan fingerprint density at radius 2 is 1.83 bits per heavy atom. The van der Waals surface area contributed by atoms with Gasteiger partial charge in [-0.25, -0.2) is 9.48 Å². The van der Waals surface area contributed by atoms with Gasteiger partial charge in [0.05, 0.1) is 23.1 Å². The number of thiophene rings is 1. The third kappa shape index (κ3) is 5.41. The maximum absolute atomic E-state index is 12.5. The number of hydrogen-bond acceptors (Lipinski definition) is 5. The van der Waals surface area contributed by atoms with Crippen LogP contribution in [0, 0.1) is 13.8 Å². The second kappa shape index (κ2) is 9.64. The molecule has 0 atom stereocenters. The molecule has 0 saturated heterocycles. The summed E-state index contributed by atoms with van der Waals surface area (Å²) in [6.45, 7) is 4.13. The van der Waals surface area contributed by atoms with Crippen molar-refractivity contribution in [2.45, 2.75) is 26.9 Å². The summed E-state index contributed by atoms with van der Waals surface area (Å²) in [5, 5.41) is 4.53. The minimum Gasteiger partial charge on any atom is -0.452 e. The smallest absolute Gasteiger partial charge is 0.343 e. The number of rotatable bonds is 7. The molecule has 30 heavy (non-hydrogen) atoms. The van der Waals surface area contributed by atoms with E-state index in [0.717, 1.165) is 16.0 Å². The Hall–Kier alpha value is -2.35. The van der Waals surface area contributed by atoms with Gasteiger partial charge in [-0.05, 0) is 31.5 Å². The highest BCUT2D eigenvalue weighted by atomic mass is 35.5. The molecule has 0 fully saturated rings. The van der Waals surface area contributed by atoms with Crippen LogP contribution >= 0.6 is 34.5 Å². The number of aryl methyl sites for hydroxylation is 2. The Morgan fingerprint density at radius 1 is 1.13 bits per heavy atom. The van der Waals surface area contributed by atoms with Gasteiger partial charge in [-0.15, -0.1) is 11.3 Å². The molecule has 0 bridgehead atoms. The monoisotopic (exact) mass is 465 g/mol. The molecule has 0 saturated carbocycles. The van der Waals surface area contributed by atoms with Crippen molar-refractivity contribution in [1.82, 2.24) is 14.7 Å². The molecule has 2 heterocycles. The first-order valence-corrected chi connectivity index (χ1v) is 10.8. The van der Waals surface area contributed by atoms with Crippen LogP contribution in [-0.2, 0) is 22.6 Å². The second-order valence-corrected chi connectivity index (χ2v) is 9.08. The number of amides is 1. The summed E-state index contributed by atoms with van der Waals surface area (Å²) < 4.78 is 7.41. The zero-order valence-corrected chi connectivity index (χ0v) is 19.1. The van der Waals surface area contributed by atoms with E-state index in [1.165, 1.54) is 16.2 Å². The largest absolute Gasteiger partial charge is 0.452 e. The quantitative estimate of drug-likeness (QED) is 0.473. The van der Waals surface area contributed by atoms with Gasteiger partial charge in [-0.2, -0.15) is 5.10 Å². The minimum absolute atomic E-state index is 0.171. The van der Waals surface area contributed by atoms with Gasteiger partial charge in [0.1, 0.15) is 10.7 Å². The molecule has 6 nitrogen and oxygen atoms in total. The minimum atomic E-state index is -0.673. The molecule has 1 amide bonds. The van der Waals surface area contributed by atoms with Crippen LogP contribution in [-0.4, -0.2) is 40.2 Å². The van der Waals surface area contributed by atoms with Crippen LogP contribution in [0.4, 0.5) is 0 Å². The molecule has 0 spiro atoms. The number of nitrogens with zero attached hydrogens (tertiary/aromatic N) is 3. The Kier molecular flexibility index (Phi) is 7.18. The molecule has 2 aromatic heterocycles. The molecule has 3 rings (SSSR count). The highest BCUT2D eigenvalue weighted by Gasteiger charge is 2.23. The number of carbonyl (C=O) groups is 2. The topological polar surface area (TPSA) is 64.4 Å². The number of halogens is 2. The van der Waals surface area contributed by atoms with Crippen LogP contribution in [0.15, 0.2) is 36.4 Å². The zero-order chi connectivity index (χ0) is 21.8. The number of likely N-dealkylation sites (N-methyl/N-ethyl adjacent to an activating group) is 1. The van der Waals surface area contributed by atoms with E-state index >= 15 is 0 Å². The number of benzene rings is 1. The maximum Gasteiger partial charge on any atom is 0.343 e. The second-order valence-electron chi connectivity index (χ2n) is 6.93. The average molecular weight is 466 g/mol. The molecule has 0 radical (unpaired) electrons. The van der Waals surface area contributed by atoms with Gasteiger partial charge >= 0.3 is 5.97 Å². The molecule has 0 aliphatic rings. The predicted molar refractivity (Wildman–Crippen MR) is 118 cm³/mol. The van der Waals surface area contributed by atoms with Crippen molar-refractivity contribution >= 4 is 46.4 Å². The molecule has 0 N–H and O–H groups in total. The molecular weight excluding hydrogens is 445 g/mol. The van der Waals surface area contributed by atoms with Crippen molar-refractivity contribution in [3.05, 3.63) is 73.1 Å². The van der Waals surface area contributed by atoms with Crippen LogP contribution in [0.3, 0.4) is 0 Å². The third-order valence-corrected chi connectivity index (χ3v) is 6.10. The number of hydrogen-bond donors (Lipinski definition) is 0. The summed E-state index contributed by atoms with van der Waals surface area (Å²) >= 11 is 13.7. The lowest BCUT2D eigenvalue weighted by Crippen LogP contribution is -2.30.